The van der Waals surface area contributed by atoms with E-state index in [4.69, 9.17) is 0 Å². The van der Waals surface area contributed by atoms with Crippen LogP contribution in [0.25, 0.3) is 0 Å². The van der Waals surface area contributed by atoms with Crippen LogP contribution >= 0.6 is 0 Å². The molecule has 0 aliphatic heterocycles. The highest BCUT2D eigenvalue weighted by Crippen LogP contribution is 2.27. The maximum Gasteiger partial charge on any atom is 0.322 e. The Hall–Kier alpha value is -1.84. The zero-order valence-electron chi connectivity index (χ0n) is 11.5. The van der Waals surface area contributed by atoms with Gasteiger partial charge in [-0.3, -0.25) is 4.79 Å². The lowest BCUT2D eigenvalue weighted by atomic mass is 10.1. The van der Waals surface area contributed by atoms with E-state index in [0.717, 1.165) is 31.5 Å². The number of nitrogens with zero attached hydrogens (tertiary/aromatic N) is 1. The minimum Gasteiger partial charge on any atom is -0.322 e. The summed E-state index contributed by atoms with van der Waals surface area (Å²) in [7, 11) is 0. The molecule has 0 saturated heterocycles. The van der Waals surface area contributed by atoms with Crippen LogP contribution in [0.15, 0.2) is 24.3 Å². The van der Waals surface area contributed by atoms with Crippen LogP contribution < -0.4 is 5.32 Å². The first-order valence-corrected chi connectivity index (χ1v) is 6.80. The Kier molecular flexibility index (Phi) is 4.20. The Labute approximate surface area is 113 Å². The van der Waals surface area contributed by atoms with Crippen LogP contribution in [-0.4, -0.2) is 29.3 Å². The van der Waals surface area contributed by atoms with Crippen molar-refractivity contribution >= 4 is 17.5 Å². The van der Waals surface area contributed by atoms with Crippen molar-refractivity contribution < 1.29 is 9.59 Å². The van der Waals surface area contributed by atoms with Crippen LogP contribution in [0.3, 0.4) is 0 Å². The summed E-state index contributed by atoms with van der Waals surface area (Å²) < 4.78 is 0. The largest absolute Gasteiger partial charge is 0.322 e. The summed E-state index contributed by atoms with van der Waals surface area (Å²) in [5, 5.41) is 2.89. The van der Waals surface area contributed by atoms with Crippen molar-refractivity contribution in [3.8, 4) is 0 Å². The number of hydrogen-bond acceptors (Lipinski definition) is 2. The number of rotatable bonds is 5. The average Bonchev–Trinajstić information content (AvgIpc) is 3.20. The van der Waals surface area contributed by atoms with Crippen molar-refractivity contribution in [1.29, 1.82) is 0 Å². The van der Waals surface area contributed by atoms with E-state index in [1.54, 1.807) is 24.3 Å². The number of Topliss-reactive ketones (excluding diaryl/α,β-unsaturated/α-hetero) is 1. The van der Waals surface area contributed by atoms with Crippen LogP contribution in [0.1, 0.15) is 43.5 Å². The number of amides is 2. The summed E-state index contributed by atoms with van der Waals surface area (Å²) in [6.07, 6.45) is 3.18. The fourth-order valence-electron chi connectivity index (χ4n) is 2.06. The molecule has 2 rings (SSSR count). The molecule has 0 aromatic heterocycles. The van der Waals surface area contributed by atoms with Gasteiger partial charge in [0, 0.05) is 23.8 Å². The molecule has 2 amide bonds. The smallest absolute Gasteiger partial charge is 0.322 e. The van der Waals surface area contributed by atoms with Gasteiger partial charge in [-0.15, -0.1) is 0 Å². The van der Waals surface area contributed by atoms with Crippen LogP contribution in [0.2, 0.25) is 0 Å². The van der Waals surface area contributed by atoms with E-state index in [9.17, 15) is 9.59 Å². The number of anilines is 1. The van der Waals surface area contributed by atoms with Gasteiger partial charge in [0.2, 0.25) is 0 Å². The molecular weight excluding hydrogens is 240 g/mol. The average molecular weight is 260 g/mol. The predicted molar refractivity (Wildman–Crippen MR) is 75.5 cm³/mol. The first-order valence-electron chi connectivity index (χ1n) is 6.80. The summed E-state index contributed by atoms with van der Waals surface area (Å²) in [5.74, 6) is 0.0310. The van der Waals surface area contributed by atoms with Crippen molar-refractivity contribution in [1.82, 2.24) is 4.90 Å². The molecule has 1 fully saturated rings. The van der Waals surface area contributed by atoms with Gasteiger partial charge >= 0.3 is 6.03 Å². The molecule has 1 aliphatic carbocycles. The van der Waals surface area contributed by atoms with Crippen LogP contribution in [-0.2, 0) is 0 Å². The summed E-state index contributed by atoms with van der Waals surface area (Å²) in [5.41, 5.74) is 1.39. The number of benzene rings is 1. The molecule has 0 radical (unpaired) electrons. The van der Waals surface area contributed by atoms with E-state index in [1.807, 2.05) is 4.90 Å². The number of carbonyl (C=O) groups excluding carboxylic acids is 2. The zero-order chi connectivity index (χ0) is 13.8. The van der Waals surface area contributed by atoms with E-state index in [0.29, 0.717) is 11.6 Å². The molecule has 0 unspecified atom stereocenters. The second-order valence-corrected chi connectivity index (χ2v) is 4.99. The molecule has 1 aliphatic rings. The molecule has 1 aromatic carbocycles. The van der Waals surface area contributed by atoms with Gasteiger partial charge in [-0.1, -0.05) is 6.92 Å². The fourth-order valence-corrected chi connectivity index (χ4v) is 2.06. The molecule has 1 aromatic rings. The Bertz CT molecular complexity index is 464. The number of ketones is 1. The van der Waals surface area contributed by atoms with Gasteiger partial charge in [0.05, 0.1) is 0 Å². The fraction of sp³-hybridized carbons (Fsp3) is 0.467. The molecule has 19 heavy (non-hydrogen) atoms. The quantitative estimate of drug-likeness (QED) is 0.826. The first-order chi connectivity index (χ1) is 9.11. The molecule has 4 heteroatoms. The molecule has 1 saturated carbocycles. The lowest BCUT2D eigenvalue weighted by molar-refractivity contribution is 0.101. The number of nitrogens with one attached hydrogen (secondary N) is 1. The molecule has 0 heterocycles. The lowest BCUT2D eigenvalue weighted by Gasteiger charge is -2.22. The third-order valence-electron chi connectivity index (χ3n) is 3.26. The van der Waals surface area contributed by atoms with Gasteiger partial charge in [-0.25, -0.2) is 4.79 Å². The third kappa shape index (κ3) is 3.56. The van der Waals surface area contributed by atoms with Gasteiger partial charge in [-0.2, -0.15) is 0 Å². The minimum atomic E-state index is -0.0417. The van der Waals surface area contributed by atoms with Crippen molar-refractivity contribution in [2.45, 2.75) is 39.2 Å². The highest BCUT2D eigenvalue weighted by Gasteiger charge is 2.31. The van der Waals surface area contributed by atoms with E-state index >= 15 is 0 Å². The van der Waals surface area contributed by atoms with Crippen molar-refractivity contribution in [3.63, 3.8) is 0 Å². The zero-order valence-corrected chi connectivity index (χ0v) is 11.5. The monoisotopic (exact) mass is 260 g/mol. The van der Waals surface area contributed by atoms with E-state index in [2.05, 4.69) is 12.2 Å². The topological polar surface area (TPSA) is 49.4 Å². The Morgan fingerprint density at radius 2 is 1.89 bits per heavy atom. The van der Waals surface area contributed by atoms with Crippen molar-refractivity contribution in [3.05, 3.63) is 29.8 Å². The number of hydrogen-bond donors (Lipinski definition) is 1. The highest BCUT2D eigenvalue weighted by atomic mass is 16.2. The Morgan fingerprint density at radius 1 is 1.26 bits per heavy atom. The van der Waals surface area contributed by atoms with E-state index < -0.39 is 0 Å². The van der Waals surface area contributed by atoms with Crippen molar-refractivity contribution in [2.75, 3.05) is 11.9 Å². The van der Waals surface area contributed by atoms with Crippen LogP contribution in [0, 0.1) is 0 Å². The maximum atomic E-state index is 12.2. The molecule has 0 bridgehead atoms. The lowest BCUT2D eigenvalue weighted by Crippen LogP contribution is -2.37. The van der Waals surface area contributed by atoms with Gasteiger partial charge in [0.25, 0.3) is 0 Å². The summed E-state index contributed by atoms with van der Waals surface area (Å²) in [4.78, 5) is 25.2. The predicted octanol–water partition coefficient (Wildman–Crippen LogP) is 3.30. The van der Waals surface area contributed by atoms with Gasteiger partial charge in [0.15, 0.2) is 5.78 Å². The van der Waals surface area contributed by atoms with Crippen LogP contribution in [0.4, 0.5) is 10.5 Å². The SMILES string of the molecule is CCCN(C(=O)Nc1ccc(C(C)=O)cc1)C1CC1. The summed E-state index contributed by atoms with van der Waals surface area (Å²) in [6.45, 7) is 4.40. The number of carbonyl (C=O) groups is 2. The minimum absolute atomic E-state index is 0.0310. The van der Waals surface area contributed by atoms with Gasteiger partial charge in [-0.05, 0) is 50.5 Å². The van der Waals surface area contributed by atoms with E-state index in [1.165, 1.54) is 6.92 Å². The van der Waals surface area contributed by atoms with E-state index in [-0.39, 0.29) is 11.8 Å². The number of urea groups is 1. The second-order valence-electron chi connectivity index (χ2n) is 4.99. The second kappa shape index (κ2) is 5.87. The standard InChI is InChI=1S/C15H20N2O2/c1-3-10-17(14-8-9-14)15(19)16-13-6-4-12(5-7-13)11(2)18/h4-7,14H,3,8-10H2,1-2H3,(H,16,19). The maximum absolute atomic E-state index is 12.2. The third-order valence-corrected chi connectivity index (χ3v) is 3.26. The molecule has 0 spiro atoms. The molecule has 4 nitrogen and oxygen atoms in total. The first kappa shape index (κ1) is 13.6. The molecule has 1 N–H and O–H groups in total. The van der Waals surface area contributed by atoms with Crippen molar-refractivity contribution in [2.24, 2.45) is 0 Å². The highest BCUT2D eigenvalue weighted by molar-refractivity contribution is 5.95. The summed E-state index contributed by atoms with van der Waals surface area (Å²) >= 11 is 0. The van der Waals surface area contributed by atoms with Crippen LogP contribution in [0.5, 0.6) is 0 Å². The summed E-state index contributed by atoms with van der Waals surface area (Å²) in [6, 6.07) is 7.38. The molecule has 102 valence electrons. The normalized spacial score (nSPS) is 14.0. The van der Waals surface area contributed by atoms with Gasteiger partial charge in [0.1, 0.15) is 0 Å². The Morgan fingerprint density at radius 3 is 2.37 bits per heavy atom. The Balaban J connectivity index is 1.99. The molecular formula is C15H20N2O2. The molecule has 0 atom stereocenters. The van der Waals surface area contributed by atoms with Gasteiger partial charge < -0.3 is 10.2 Å².